The molecule has 5 rings (SSSR count). The Labute approximate surface area is 182 Å². The van der Waals surface area contributed by atoms with Gasteiger partial charge in [-0.15, -0.1) is 11.3 Å². The molecule has 0 radical (unpaired) electrons. The van der Waals surface area contributed by atoms with Crippen molar-refractivity contribution in [3.8, 4) is 5.75 Å². The average Bonchev–Trinajstić information content (AvgIpc) is 3.31. The number of halogens is 3. The molecule has 0 spiro atoms. The molecular formula is C20H13Br2ClN2OS. The highest BCUT2D eigenvalue weighted by Gasteiger charge is 2.42. The zero-order valence-electron chi connectivity index (χ0n) is 13.9. The molecule has 2 aliphatic heterocycles. The van der Waals surface area contributed by atoms with Gasteiger partial charge in [0.05, 0.1) is 21.1 Å². The van der Waals surface area contributed by atoms with Crippen molar-refractivity contribution in [3.63, 3.8) is 0 Å². The van der Waals surface area contributed by atoms with Crippen molar-refractivity contribution >= 4 is 60.5 Å². The van der Waals surface area contributed by atoms with Gasteiger partial charge in [0, 0.05) is 27.0 Å². The van der Waals surface area contributed by atoms with E-state index in [1.807, 2.05) is 30.3 Å². The van der Waals surface area contributed by atoms with Crippen LogP contribution < -0.4 is 4.74 Å². The first-order valence-corrected chi connectivity index (χ1v) is 11.3. The normalized spacial score (nSPS) is 20.7. The Hall–Kier alpha value is -1.34. The van der Waals surface area contributed by atoms with Crippen LogP contribution in [0.3, 0.4) is 0 Å². The van der Waals surface area contributed by atoms with E-state index >= 15 is 0 Å². The first kappa shape index (κ1) is 17.7. The molecule has 0 amide bonds. The third-order valence-electron chi connectivity index (χ3n) is 4.75. The van der Waals surface area contributed by atoms with Crippen LogP contribution in [0.1, 0.15) is 34.7 Å². The van der Waals surface area contributed by atoms with Crippen LogP contribution in [-0.2, 0) is 0 Å². The van der Waals surface area contributed by atoms with Gasteiger partial charge in [-0.1, -0.05) is 45.7 Å². The number of rotatable bonds is 2. The summed E-state index contributed by atoms with van der Waals surface area (Å²) in [5.74, 6) is 0.868. The van der Waals surface area contributed by atoms with Crippen LogP contribution in [0.2, 0.25) is 5.02 Å². The van der Waals surface area contributed by atoms with Crippen molar-refractivity contribution in [3.05, 3.63) is 83.9 Å². The Morgan fingerprint density at radius 3 is 2.81 bits per heavy atom. The lowest BCUT2D eigenvalue weighted by atomic mass is 9.97. The van der Waals surface area contributed by atoms with Crippen molar-refractivity contribution in [1.82, 2.24) is 5.01 Å². The Kier molecular flexibility index (Phi) is 4.55. The van der Waals surface area contributed by atoms with Crippen LogP contribution in [0.4, 0.5) is 0 Å². The number of benzene rings is 2. The van der Waals surface area contributed by atoms with Crippen molar-refractivity contribution in [2.45, 2.75) is 18.7 Å². The molecule has 0 N–H and O–H groups in total. The maximum absolute atomic E-state index is 6.43. The number of hydrogen-bond donors (Lipinski definition) is 0. The fourth-order valence-electron chi connectivity index (χ4n) is 3.59. The molecular weight excluding hydrogens is 512 g/mol. The van der Waals surface area contributed by atoms with Gasteiger partial charge in [-0.3, -0.25) is 0 Å². The highest BCUT2D eigenvalue weighted by molar-refractivity contribution is 9.11. The van der Waals surface area contributed by atoms with Crippen LogP contribution in [0.15, 0.2) is 68.0 Å². The summed E-state index contributed by atoms with van der Waals surface area (Å²) in [6.07, 6.45) is 0.521. The van der Waals surface area contributed by atoms with Crippen molar-refractivity contribution in [2.24, 2.45) is 5.10 Å². The van der Waals surface area contributed by atoms with Gasteiger partial charge in [-0.05, 0) is 51.6 Å². The Morgan fingerprint density at radius 2 is 2.04 bits per heavy atom. The van der Waals surface area contributed by atoms with Crippen molar-refractivity contribution in [1.29, 1.82) is 0 Å². The Morgan fingerprint density at radius 1 is 1.15 bits per heavy atom. The van der Waals surface area contributed by atoms with E-state index in [1.54, 1.807) is 11.3 Å². The zero-order valence-corrected chi connectivity index (χ0v) is 18.6. The maximum atomic E-state index is 6.43. The van der Waals surface area contributed by atoms with E-state index in [2.05, 4.69) is 60.4 Å². The molecule has 7 heteroatoms. The smallest absolute Gasteiger partial charge is 0.213 e. The van der Waals surface area contributed by atoms with E-state index in [-0.39, 0.29) is 12.3 Å². The average molecular weight is 525 g/mol. The standard InChI is InChI=1S/C20H13Br2ClN2OS/c21-12-8-14-17-10-16(18-5-2-6-27-18)24-25(17)20(26-19(14)15(22)9-12)11-3-1-4-13(23)7-11/h1-9,17,20H,10H2/t17-,20-/m0/s1. The molecule has 27 heavy (non-hydrogen) atoms. The number of fused-ring (bicyclic) bond motifs is 3. The molecule has 0 saturated carbocycles. The molecule has 2 atom stereocenters. The third-order valence-corrected chi connectivity index (χ3v) is 6.95. The first-order chi connectivity index (χ1) is 13.1. The van der Waals surface area contributed by atoms with E-state index in [0.717, 1.165) is 38.0 Å². The molecule has 2 aliphatic rings. The Bertz CT molecular complexity index is 1050. The molecule has 136 valence electrons. The second kappa shape index (κ2) is 6.92. The summed E-state index contributed by atoms with van der Waals surface area (Å²) in [5.41, 5.74) is 3.21. The fraction of sp³-hybridized carbons (Fsp3) is 0.150. The summed E-state index contributed by atoms with van der Waals surface area (Å²) in [4.78, 5) is 1.20. The summed E-state index contributed by atoms with van der Waals surface area (Å²) in [5, 5.41) is 9.81. The monoisotopic (exact) mass is 522 g/mol. The molecule has 3 aromatic rings. The van der Waals surface area contributed by atoms with E-state index in [9.17, 15) is 0 Å². The highest BCUT2D eigenvalue weighted by atomic mass is 79.9. The number of hydrogen-bond acceptors (Lipinski definition) is 4. The van der Waals surface area contributed by atoms with Crippen LogP contribution in [0, 0.1) is 0 Å². The van der Waals surface area contributed by atoms with E-state index in [1.165, 1.54) is 4.88 Å². The molecule has 3 heterocycles. The summed E-state index contributed by atoms with van der Waals surface area (Å²) >= 11 is 15.2. The lowest BCUT2D eigenvalue weighted by Gasteiger charge is -2.38. The van der Waals surface area contributed by atoms with Gasteiger partial charge in [-0.25, -0.2) is 5.01 Å². The minimum atomic E-state index is -0.323. The summed E-state index contributed by atoms with van der Waals surface area (Å²) in [6, 6.07) is 16.2. The Balaban J connectivity index is 1.65. The first-order valence-electron chi connectivity index (χ1n) is 8.41. The van der Waals surface area contributed by atoms with Crippen LogP contribution in [0.25, 0.3) is 0 Å². The van der Waals surface area contributed by atoms with Crippen LogP contribution in [-0.4, -0.2) is 10.7 Å². The largest absolute Gasteiger partial charge is 0.463 e. The van der Waals surface area contributed by atoms with Gasteiger partial charge in [0.25, 0.3) is 0 Å². The molecule has 0 fully saturated rings. The van der Waals surface area contributed by atoms with Crippen molar-refractivity contribution in [2.75, 3.05) is 0 Å². The minimum Gasteiger partial charge on any atom is -0.463 e. The molecule has 0 aliphatic carbocycles. The van der Waals surface area contributed by atoms with Gasteiger partial charge in [0.1, 0.15) is 5.75 Å². The second-order valence-electron chi connectivity index (χ2n) is 6.46. The number of ether oxygens (including phenoxy) is 1. The fourth-order valence-corrected chi connectivity index (χ4v) is 5.86. The molecule has 0 saturated heterocycles. The van der Waals surface area contributed by atoms with Crippen LogP contribution in [0.5, 0.6) is 5.75 Å². The third kappa shape index (κ3) is 3.12. The van der Waals surface area contributed by atoms with Gasteiger partial charge in [-0.2, -0.15) is 5.10 Å². The number of nitrogens with zero attached hydrogens (tertiary/aromatic N) is 2. The second-order valence-corrected chi connectivity index (χ2v) is 9.61. The zero-order chi connectivity index (χ0) is 18.5. The summed E-state index contributed by atoms with van der Waals surface area (Å²) < 4.78 is 8.38. The molecule has 3 nitrogen and oxygen atoms in total. The summed E-state index contributed by atoms with van der Waals surface area (Å²) in [7, 11) is 0. The van der Waals surface area contributed by atoms with Crippen molar-refractivity contribution < 1.29 is 4.74 Å². The van der Waals surface area contributed by atoms with Gasteiger partial charge >= 0.3 is 0 Å². The predicted octanol–water partition coefficient (Wildman–Crippen LogP) is 7.17. The maximum Gasteiger partial charge on any atom is 0.213 e. The van der Waals surface area contributed by atoms with Gasteiger partial charge in [0.15, 0.2) is 0 Å². The molecule has 0 unspecified atom stereocenters. The van der Waals surface area contributed by atoms with Crippen LogP contribution >= 0.6 is 54.8 Å². The predicted molar refractivity (Wildman–Crippen MR) is 117 cm³/mol. The van der Waals surface area contributed by atoms with E-state index < -0.39 is 0 Å². The number of thiophene rings is 1. The summed E-state index contributed by atoms with van der Waals surface area (Å²) in [6.45, 7) is 0. The van der Waals surface area contributed by atoms with Gasteiger partial charge in [0.2, 0.25) is 6.23 Å². The highest BCUT2D eigenvalue weighted by Crippen LogP contribution is 2.51. The molecule has 2 aromatic carbocycles. The van der Waals surface area contributed by atoms with E-state index in [4.69, 9.17) is 21.4 Å². The minimum absolute atomic E-state index is 0.114. The van der Waals surface area contributed by atoms with Gasteiger partial charge < -0.3 is 4.74 Å². The lowest BCUT2D eigenvalue weighted by Crippen LogP contribution is -2.33. The quantitative estimate of drug-likeness (QED) is 0.355. The lowest BCUT2D eigenvalue weighted by molar-refractivity contribution is -0.0197. The topological polar surface area (TPSA) is 24.8 Å². The SMILES string of the molecule is Clc1cccc([C@@H]2Oc3c(Br)cc(Br)cc3[C@@H]3CC(c4cccs4)=NN32)c1. The number of hydrazone groups is 1. The molecule has 0 bridgehead atoms. The van der Waals surface area contributed by atoms with E-state index in [0.29, 0.717) is 5.02 Å². The molecule has 1 aromatic heterocycles.